The predicted octanol–water partition coefficient (Wildman–Crippen LogP) is 4.83. The molecule has 1 amide bonds. The molecule has 0 saturated heterocycles. The number of hydrogen-bond donors (Lipinski definition) is 1. The van der Waals surface area contributed by atoms with Gasteiger partial charge < -0.3 is 10.1 Å². The first-order chi connectivity index (χ1) is 12.0. The number of hydrogen-bond acceptors (Lipinski definition) is 4. The highest BCUT2D eigenvalue weighted by Gasteiger charge is 2.24. The van der Waals surface area contributed by atoms with Gasteiger partial charge in [0, 0.05) is 4.88 Å². The van der Waals surface area contributed by atoms with Gasteiger partial charge >= 0.3 is 0 Å². The van der Waals surface area contributed by atoms with Crippen LogP contribution in [0.3, 0.4) is 0 Å². The van der Waals surface area contributed by atoms with Crippen molar-refractivity contribution in [3.63, 3.8) is 0 Å². The zero-order valence-electron chi connectivity index (χ0n) is 14.2. The molecule has 0 aliphatic heterocycles. The van der Waals surface area contributed by atoms with E-state index in [0.717, 1.165) is 34.9 Å². The van der Waals surface area contributed by atoms with Gasteiger partial charge in [0.15, 0.2) is 6.61 Å². The first kappa shape index (κ1) is 18.0. The molecule has 1 aromatic heterocycles. The van der Waals surface area contributed by atoms with E-state index in [9.17, 15) is 10.1 Å². The number of halogens is 1. The maximum absolute atomic E-state index is 12.3. The molecule has 1 aliphatic carbocycles. The Bertz CT molecular complexity index is 854. The molecule has 1 heterocycles. The van der Waals surface area contributed by atoms with Crippen molar-refractivity contribution in [3.8, 4) is 11.8 Å². The van der Waals surface area contributed by atoms with Gasteiger partial charge in [-0.2, -0.15) is 5.26 Å². The number of rotatable bonds is 4. The van der Waals surface area contributed by atoms with Gasteiger partial charge in [0.05, 0.1) is 10.0 Å². The summed E-state index contributed by atoms with van der Waals surface area (Å²) >= 11 is 4.96. The highest BCUT2D eigenvalue weighted by molar-refractivity contribution is 9.10. The standard InChI is InChI=1S/C19H19BrN2O2S/c1-11-4-6-16(15(20)7-11)24-10-18(23)22-19-14(9-21)13-5-3-12(2)8-17(13)25-19/h4,6-7,12H,3,5,8,10H2,1-2H3,(H,22,23). The van der Waals surface area contributed by atoms with Crippen molar-refractivity contribution in [1.29, 1.82) is 5.26 Å². The minimum atomic E-state index is -0.254. The second-order valence-electron chi connectivity index (χ2n) is 6.44. The molecule has 2 aromatic rings. The summed E-state index contributed by atoms with van der Waals surface area (Å²) in [5, 5.41) is 13.0. The van der Waals surface area contributed by atoms with E-state index in [0.29, 0.717) is 22.2 Å². The van der Waals surface area contributed by atoms with Crippen LogP contribution < -0.4 is 10.1 Å². The number of thiophene rings is 1. The van der Waals surface area contributed by atoms with E-state index >= 15 is 0 Å². The van der Waals surface area contributed by atoms with Gasteiger partial charge in [-0.15, -0.1) is 11.3 Å². The van der Waals surface area contributed by atoms with Crippen molar-refractivity contribution in [2.75, 3.05) is 11.9 Å². The molecule has 1 atom stereocenters. The summed E-state index contributed by atoms with van der Waals surface area (Å²) in [7, 11) is 0. The Kier molecular flexibility index (Phi) is 5.45. The maximum atomic E-state index is 12.3. The van der Waals surface area contributed by atoms with Crippen LogP contribution in [0.4, 0.5) is 5.00 Å². The quantitative estimate of drug-likeness (QED) is 0.772. The van der Waals surface area contributed by atoms with Gasteiger partial charge in [0.2, 0.25) is 0 Å². The van der Waals surface area contributed by atoms with Gasteiger partial charge in [-0.3, -0.25) is 4.79 Å². The van der Waals surface area contributed by atoms with Crippen LogP contribution in [0, 0.1) is 24.2 Å². The maximum Gasteiger partial charge on any atom is 0.262 e. The van der Waals surface area contributed by atoms with E-state index in [-0.39, 0.29) is 12.5 Å². The van der Waals surface area contributed by atoms with E-state index in [2.05, 4.69) is 34.2 Å². The first-order valence-corrected chi connectivity index (χ1v) is 9.82. The largest absolute Gasteiger partial charge is 0.483 e. The van der Waals surface area contributed by atoms with Crippen LogP contribution in [0.15, 0.2) is 22.7 Å². The second kappa shape index (κ2) is 7.59. The fourth-order valence-electron chi connectivity index (χ4n) is 2.99. The molecule has 0 saturated carbocycles. The van der Waals surface area contributed by atoms with Gasteiger partial charge in [-0.05, 0) is 71.3 Å². The fraction of sp³-hybridized carbons (Fsp3) is 0.368. The van der Waals surface area contributed by atoms with Gasteiger partial charge in [-0.1, -0.05) is 13.0 Å². The number of carbonyl (C=O) groups excluding carboxylic acids is 1. The SMILES string of the molecule is Cc1ccc(OCC(=O)Nc2sc3c(c2C#N)CCC(C)C3)c(Br)c1. The summed E-state index contributed by atoms with van der Waals surface area (Å²) in [4.78, 5) is 13.5. The Labute approximate surface area is 159 Å². The molecule has 0 fully saturated rings. The van der Waals surface area contributed by atoms with Crippen LogP contribution in [0.25, 0.3) is 0 Å². The Hall–Kier alpha value is -1.84. The first-order valence-electron chi connectivity index (χ1n) is 8.21. The molecule has 0 bridgehead atoms. The van der Waals surface area contributed by atoms with E-state index in [4.69, 9.17) is 4.74 Å². The zero-order valence-corrected chi connectivity index (χ0v) is 16.6. The van der Waals surface area contributed by atoms with Crippen LogP contribution in [0.2, 0.25) is 0 Å². The highest BCUT2D eigenvalue weighted by Crippen LogP contribution is 2.39. The summed E-state index contributed by atoms with van der Waals surface area (Å²) in [5.74, 6) is 1.000. The number of carbonyl (C=O) groups is 1. The molecule has 25 heavy (non-hydrogen) atoms. The van der Waals surface area contributed by atoms with Crippen molar-refractivity contribution in [2.45, 2.75) is 33.1 Å². The Morgan fingerprint density at radius 3 is 3.04 bits per heavy atom. The molecule has 1 aliphatic rings. The number of ether oxygens (including phenoxy) is 1. The summed E-state index contributed by atoms with van der Waals surface area (Å²) in [6.07, 6.45) is 2.99. The number of anilines is 1. The topological polar surface area (TPSA) is 62.1 Å². The van der Waals surface area contributed by atoms with E-state index in [1.807, 2.05) is 25.1 Å². The molecular formula is C19H19BrN2O2S. The molecule has 0 radical (unpaired) electrons. The van der Waals surface area contributed by atoms with E-state index in [1.54, 1.807) is 0 Å². The van der Waals surface area contributed by atoms with Crippen molar-refractivity contribution in [2.24, 2.45) is 5.92 Å². The number of fused-ring (bicyclic) bond motifs is 1. The third kappa shape index (κ3) is 4.05. The number of nitriles is 1. The molecular weight excluding hydrogens is 400 g/mol. The lowest BCUT2D eigenvalue weighted by molar-refractivity contribution is -0.118. The minimum absolute atomic E-state index is 0.0918. The molecule has 0 spiro atoms. The smallest absolute Gasteiger partial charge is 0.262 e. The van der Waals surface area contributed by atoms with Crippen LogP contribution in [0.5, 0.6) is 5.75 Å². The Balaban J connectivity index is 1.68. The number of nitrogens with zero attached hydrogens (tertiary/aromatic N) is 1. The third-order valence-electron chi connectivity index (χ3n) is 4.32. The van der Waals surface area contributed by atoms with Crippen LogP contribution in [0.1, 0.15) is 34.9 Å². The zero-order chi connectivity index (χ0) is 18.0. The molecule has 6 heteroatoms. The fourth-order valence-corrected chi connectivity index (χ4v) is 4.97. The summed E-state index contributed by atoms with van der Waals surface area (Å²) in [6, 6.07) is 7.96. The second-order valence-corrected chi connectivity index (χ2v) is 8.40. The van der Waals surface area contributed by atoms with Crippen molar-refractivity contribution < 1.29 is 9.53 Å². The van der Waals surface area contributed by atoms with Crippen molar-refractivity contribution in [1.82, 2.24) is 0 Å². The lowest BCUT2D eigenvalue weighted by Gasteiger charge is -2.17. The molecule has 1 aromatic carbocycles. The highest BCUT2D eigenvalue weighted by atomic mass is 79.9. The van der Waals surface area contributed by atoms with E-state index < -0.39 is 0 Å². The third-order valence-corrected chi connectivity index (χ3v) is 6.11. The van der Waals surface area contributed by atoms with Crippen molar-refractivity contribution >= 4 is 38.2 Å². The molecule has 130 valence electrons. The summed E-state index contributed by atoms with van der Waals surface area (Å²) in [5.41, 5.74) is 2.85. The van der Waals surface area contributed by atoms with Gasteiger partial charge in [-0.25, -0.2) is 0 Å². The van der Waals surface area contributed by atoms with E-state index in [1.165, 1.54) is 16.2 Å². The lowest BCUT2D eigenvalue weighted by atomic mass is 9.89. The molecule has 1 unspecified atom stereocenters. The van der Waals surface area contributed by atoms with Crippen molar-refractivity contribution in [3.05, 3.63) is 44.2 Å². The lowest BCUT2D eigenvalue weighted by Crippen LogP contribution is -2.20. The normalized spacial score (nSPS) is 16.0. The van der Waals surface area contributed by atoms with Gasteiger partial charge in [0.25, 0.3) is 5.91 Å². The van der Waals surface area contributed by atoms with Crippen LogP contribution >= 0.6 is 27.3 Å². The summed E-state index contributed by atoms with van der Waals surface area (Å²) < 4.78 is 6.40. The average Bonchev–Trinajstić information content (AvgIpc) is 2.89. The van der Waals surface area contributed by atoms with Gasteiger partial charge in [0.1, 0.15) is 16.8 Å². The number of benzene rings is 1. The molecule has 4 nitrogen and oxygen atoms in total. The molecule has 3 rings (SSSR count). The van der Waals surface area contributed by atoms with Crippen LogP contribution in [-0.4, -0.2) is 12.5 Å². The Morgan fingerprint density at radius 1 is 1.52 bits per heavy atom. The average molecular weight is 419 g/mol. The number of amides is 1. The van der Waals surface area contributed by atoms with Crippen LogP contribution in [-0.2, 0) is 17.6 Å². The predicted molar refractivity (Wildman–Crippen MR) is 103 cm³/mol. The Morgan fingerprint density at radius 2 is 2.32 bits per heavy atom. The molecule has 1 N–H and O–H groups in total. The monoisotopic (exact) mass is 418 g/mol. The number of aryl methyl sites for hydroxylation is 1. The summed E-state index contributed by atoms with van der Waals surface area (Å²) in [6.45, 7) is 4.12. The number of nitrogens with one attached hydrogen (secondary N) is 1. The minimum Gasteiger partial charge on any atom is -0.483 e.